The van der Waals surface area contributed by atoms with Crippen molar-refractivity contribution in [2.45, 2.75) is 26.3 Å². The molecule has 15 heavy (non-hydrogen) atoms. The molecule has 0 amide bonds. The molecule has 0 spiro atoms. The van der Waals surface area contributed by atoms with Crippen LogP contribution in [0.1, 0.15) is 24.1 Å². The summed E-state index contributed by atoms with van der Waals surface area (Å²) < 4.78 is 1.75. The van der Waals surface area contributed by atoms with Crippen LogP contribution in [0.4, 0.5) is 0 Å². The van der Waals surface area contributed by atoms with Gasteiger partial charge in [0.05, 0.1) is 5.69 Å². The molecule has 0 aromatic carbocycles. The SMILES string of the molecule is Cc1nn(C)c(Cl)c1CN(C)CC1CC1. The van der Waals surface area contributed by atoms with Crippen molar-refractivity contribution in [2.75, 3.05) is 13.6 Å². The molecule has 1 aliphatic rings. The van der Waals surface area contributed by atoms with Crippen molar-refractivity contribution in [3.63, 3.8) is 0 Å². The second-order valence-electron chi connectivity index (χ2n) is 4.62. The van der Waals surface area contributed by atoms with Gasteiger partial charge in [-0.2, -0.15) is 5.10 Å². The minimum absolute atomic E-state index is 0.773. The van der Waals surface area contributed by atoms with Crippen LogP contribution in [0.5, 0.6) is 0 Å². The number of halogens is 1. The van der Waals surface area contributed by atoms with Gasteiger partial charge >= 0.3 is 0 Å². The zero-order chi connectivity index (χ0) is 11.0. The molecule has 3 nitrogen and oxygen atoms in total. The first-order valence-electron chi connectivity index (χ1n) is 5.44. The molecular formula is C11H18ClN3. The minimum atomic E-state index is 0.773. The monoisotopic (exact) mass is 227 g/mol. The maximum atomic E-state index is 6.18. The third-order valence-corrected chi connectivity index (χ3v) is 3.44. The highest BCUT2D eigenvalue weighted by Crippen LogP contribution is 2.30. The lowest BCUT2D eigenvalue weighted by molar-refractivity contribution is 0.312. The first kappa shape index (κ1) is 11.0. The fourth-order valence-corrected chi connectivity index (χ4v) is 2.16. The Hall–Kier alpha value is -0.540. The lowest BCUT2D eigenvalue weighted by Crippen LogP contribution is -2.20. The van der Waals surface area contributed by atoms with Crippen molar-refractivity contribution in [2.24, 2.45) is 13.0 Å². The Morgan fingerprint density at radius 3 is 2.67 bits per heavy atom. The highest BCUT2D eigenvalue weighted by molar-refractivity contribution is 6.30. The van der Waals surface area contributed by atoms with E-state index in [1.807, 2.05) is 14.0 Å². The van der Waals surface area contributed by atoms with E-state index in [0.29, 0.717) is 0 Å². The van der Waals surface area contributed by atoms with Crippen molar-refractivity contribution >= 4 is 11.6 Å². The van der Waals surface area contributed by atoms with Crippen LogP contribution in [0.15, 0.2) is 0 Å². The summed E-state index contributed by atoms with van der Waals surface area (Å²) in [4.78, 5) is 2.34. The van der Waals surface area contributed by atoms with Gasteiger partial charge in [-0.3, -0.25) is 4.68 Å². The molecule has 0 atom stereocenters. The molecule has 0 N–H and O–H groups in total. The first-order valence-corrected chi connectivity index (χ1v) is 5.82. The lowest BCUT2D eigenvalue weighted by Gasteiger charge is -2.15. The molecule has 4 heteroatoms. The zero-order valence-corrected chi connectivity index (χ0v) is 10.4. The predicted octanol–water partition coefficient (Wildman–Crippen LogP) is 2.22. The Morgan fingerprint density at radius 1 is 1.53 bits per heavy atom. The van der Waals surface area contributed by atoms with Gasteiger partial charge in [-0.25, -0.2) is 0 Å². The molecule has 1 aromatic rings. The van der Waals surface area contributed by atoms with Gasteiger partial charge in [0.1, 0.15) is 5.15 Å². The van der Waals surface area contributed by atoms with Gasteiger partial charge in [0, 0.05) is 25.7 Å². The maximum absolute atomic E-state index is 6.18. The molecule has 1 aromatic heterocycles. The Kier molecular flexibility index (Phi) is 3.03. The average molecular weight is 228 g/mol. The van der Waals surface area contributed by atoms with E-state index < -0.39 is 0 Å². The molecule has 0 aliphatic heterocycles. The number of nitrogens with zero attached hydrogens (tertiary/aromatic N) is 3. The van der Waals surface area contributed by atoms with Crippen molar-refractivity contribution in [1.29, 1.82) is 0 Å². The zero-order valence-electron chi connectivity index (χ0n) is 9.63. The number of aromatic nitrogens is 2. The topological polar surface area (TPSA) is 21.1 Å². The van der Waals surface area contributed by atoms with Crippen LogP contribution in [-0.2, 0) is 13.6 Å². The Labute approximate surface area is 96.0 Å². The quantitative estimate of drug-likeness (QED) is 0.787. The van der Waals surface area contributed by atoms with Gasteiger partial charge < -0.3 is 4.90 Å². The fraction of sp³-hybridized carbons (Fsp3) is 0.727. The fourth-order valence-electron chi connectivity index (χ4n) is 1.93. The van der Waals surface area contributed by atoms with Crippen molar-refractivity contribution in [3.05, 3.63) is 16.4 Å². The number of aryl methyl sites for hydroxylation is 2. The predicted molar refractivity (Wildman–Crippen MR) is 62.0 cm³/mol. The van der Waals surface area contributed by atoms with Gasteiger partial charge in [0.25, 0.3) is 0 Å². The van der Waals surface area contributed by atoms with Gasteiger partial charge in [-0.05, 0) is 32.7 Å². The standard InChI is InChI=1S/C11H18ClN3/c1-8-10(11(12)15(3)13-8)7-14(2)6-9-4-5-9/h9H,4-7H2,1-3H3. The van der Waals surface area contributed by atoms with Crippen LogP contribution in [0.3, 0.4) is 0 Å². The molecule has 1 aliphatic carbocycles. The molecule has 2 rings (SSSR count). The molecule has 0 unspecified atom stereocenters. The van der Waals surface area contributed by atoms with E-state index in [4.69, 9.17) is 11.6 Å². The van der Waals surface area contributed by atoms with E-state index in [9.17, 15) is 0 Å². The van der Waals surface area contributed by atoms with Crippen LogP contribution in [0.2, 0.25) is 5.15 Å². The smallest absolute Gasteiger partial charge is 0.131 e. The Bertz CT molecular complexity index is 355. The van der Waals surface area contributed by atoms with Crippen molar-refractivity contribution in [1.82, 2.24) is 14.7 Å². The van der Waals surface area contributed by atoms with Gasteiger partial charge in [-0.15, -0.1) is 0 Å². The molecular weight excluding hydrogens is 210 g/mol. The third kappa shape index (κ3) is 2.52. The van der Waals surface area contributed by atoms with Gasteiger partial charge in [0.2, 0.25) is 0 Å². The van der Waals surface area contributed by atoms with E-state index in [-0.39, 0.29) is 0 Å². The summed E-state index contributed by atoms with van der Waals surface area (Å²) in [5.74, 6) is 0.922. The second kappa shape index (κ2) is 4.14. The number of hydrogen-bond acceptors (Lipinski definition) is 2. The van der Waals surface area contributed by atoms with Crippen molar-refractivity contribution in [3.8, 4) is 0 Å². The Balaban J connectivity index is 2.01. The highest BCUT2D eigenvalue weighted by Gasteiger charge is 2.23. The van der Waals surface area contributed by atoms with E-state index >= 15 is 0 Å². The van der Waals surface area contributed by atoms with Crippen molar-refractivity contribution < 1.29 is 0 Å². The molecule has 84 valence electrons. The normalized spacial score (nSPS) is 16.3. The molecule has 0 saturated heterocycles. The summed E-state index contributed by atoms with van der Waals surface area (Å²) in [5.41, 5.74) is 2.22. The summed E-state index contributed by atoms with van der Waals surface area (Å²) in [6, 6.07) is 0. The summed E-state index contributed by atoms with van der Waals surface area (Å²) in [6.45, 7) is 4.12. The van der Waals surface area contributed by atoms with E-state index in [0.717, 1.165) is 23.3 Å². The van der Waals surface area contributed by atoms with Crippen LogP contribution in [0, 0.1) is 12.8 Å². The second-order valence-corrected chi connectivity index (χ2v) is 4.98. The van der Waals surface area contributed by atoms with E-state index in [2.05, 4.69) is 17.0 Å². The maximum Gasteiger partial charge on any atom is 0.131 e. The minimum Gasteiger partial charge on any atom is -0.302 e. The largest absolute Gasteiger partial charge is 0.302 e. The Morgan fingerprint density at radius 2 is 2.20 bits per heavy atom. The van der Waals surface area contributed by atoms with Crippen LogP contribution >= 0.6 is 11.6 Å². The van der Waals surface area contributed by atoms with Gasteiger partial charge in [0.15, 0.2) is 0 Å². The number of rotatable bonds is 4. The molecule has 1 heterocycles. The van der Waals surface area contributed by atoms with Gasteiger partial charge in [-0.1, -0.05) is 11.6 Å². The molecule has 0 bridgehead atoms. The summed E-state index contributed by atoms with van der Waals surface area (Å²) in [7, 11) is 4.04. The van der Waals surface area contributed by atoms with Crippen LogP contribution in [-0.4, -0.2) is 28.3 Å². The summed E-state index contributed by atoms with van der Waals surface area (Å²) in [6.07, 6.45) is 2.79. The summed E-state index contributed by atoms with van der Waals surface area (Å²) in [5, 5.41) is 5.09. The molecule has 0 radical (unpaired) electrons. The third-order valence-electron chi connectivity index (χ3n) is 2.96. The summed E-state index contributed by atoms with van der Waals surface area (Å²) >= 11 is 6.18. The average Bonchev–Trinajstić information content (AvgIpc) is 2.92. The highest BCUT2D eigenvalue weighted by atomic mass is 35.5. The molecule has 1 saturated carbocycles. The lowest BCUT2D eigenvalue weighted by atomic mass is 10.2. The van der Waals surface area contributed by atoms with Crippen LogP contribution in [0.25, 0.3) is 0 Å². The van der Waals surface area contributed by atoms with E-state index in [1.54, 1.807) is 4.68 Å². The first-order chi connectivity index (χ1) is 7.08. The van der Waals surface area contributed by atoms with E-state index in [1.165, 1.54) is 24.9 Å². The number of hydrogen-bond donors (Lipinski definition) is 0. The van der Waals surface area contributed by atoms with Crippen LogP contribution < -0.4 is 0 Å². The molecule has 1 fully saturated rings.